The second-order valence-electron chi connectivity index (χ2n) is 2.95. The third-order valence-corrected chi connectivity index (χ3v) is 2.93. The summed E-state index contributed by atoms with van der Waals surface area (Å²) < 4.78 is 0. The normalized spacial score (nSPS) is 15.3. The molecular formula is C10H10ClN3S. The van der Waals surface area contributed by atoms with Crippen LogP contribution in [0.15, 0.2) is 34.3 Å². The van der Waals surface area contributed by atoms with Gasteiger partial charge in [0.1, 0.15) is 6.67 Å². The maximum absolute atomic E-state index is 6.07. The topological polar surface area (TPSA) is 28.0 Å². The van der Waals surface area contributed by atoms with Crippen LogP contribution in [0, 0.1) is 0 Å². The van der Waals surface area contributed by atoms with Crippen molar-refractivity contribution in [2.45, 2.75) is 0 Å². The Morgan fingerprint density at radius 2 is 2.20 bits per heavy atom. The van der Waals surface area contributed by atoms with Crippen LogP contribution in [0.25, 0.3) is 0 Å². The van der Waals surface area contributed by atoms with Crippen molar-refractivity contribution < 1.29 is 0 Å². The van der Waals surface area contributed by atoms with Crippen LogP contribution in [0.1, 0.15) is 0 Å². The van der Waals surface area contributed by atoms with Gasteiger partial charge in [-0.15, -0.1) is 0 Å². The van der Waals surface area contributed by atoms with Crippen molar-refractivity contribution in [2.75, 3.05) is 17.8 Å². The summed E-state index contributed by atoms with van der Waals surface area (Å²) in [6, 6.07) is 7.67. The molecule has 0 unspecified atom stereocenters. The molecule has 3 nitrogen and oxygen atoms in total. The Balaban J connectivity index is 2.19. The lowest BCUT2D eigenvalue weighted by atomic mass is 10.3. The zero-order valence-electron chi connectivity index (χ0n) is 8.22. The molecule has 0 bridgehead atoms. The summed E-state index contributed by atoms with van der Waals surface area (Å²) in [5.74, 6) is 0. The van der Waals surface area contributed by atoms with E-state index in [-0.39, 0.29) is 0 Å². The number of halogens is 1. The van der Waals surface area contributed by atoms with Crippen molar-refractivity contribution in [3.8, 4) is 0 Å². The van der Waals surface area contributed by atoms with Gasteiger partial charge >= 0.3 is 0 Å². The minimum atomic E-state index is 0.573. The van der Waals surface area contributed by atoms with E-state index in [4.69, 9.17) is 11.6 Å². The second-order valence-corrected chi connectivity index (χ2v) is 4.13. The molecule has 0 spiro atoms. The summed E-state index contributed by atoms with van der Waals surface area (Å²) in [6.45, 7) is 0.573. The van der Waals surface area contributed by atoms with Crippen molar-refractivity contribution in [1.29, 1.82) is 0 Å². The average Bonchev–Trinajstić information content (AvgIpc) is 2.30. The van der Waals surface area contributed by atoms with Gasteiger partial charge in [-0.25, -0.2) is 9.98 Å². The van der Waals surface area contributed by atoms with Crippen LogP contribution in [-0.2, 0) is 0 Å². The molecule has 15 heavy (non-hydrogen) atoms. The Labute approximate surface area is 97.9 Å². The number of rotatable bonds is 1. The van der Waals surface area contributed by atoms with Crippen molar-refractivity contribution >= 4 is 40.6 Å². The maximum atomic E-state index is 6.07. The highest BCUT2D eigenvalue weighted by atomic mass is 35.5. The Morgan fingerprint density at radius 3 is 2.80 bits per heavy atom. The lowest BCUT2D eigenvalue weighted by Crippen LogP contribution is -2.25. The van der Waals surface area contributed by atoms with Gasteiger partial charge in [0.15, 0.2) is 5.17 Å². The SMILES string of the molecule is CSC1=NCN(c2ccccc2Cl)C=N1. The highest BCUT2D eigenvalue weighted by Gasteiger charge is 2.10. The number of hydrogen-bond acceptors (Lipinski definition) is 4. The van der Waals surface area contributed by atoms with Gasteiger partial charge in [0.25, 0.3) is 0 Å². The second kappa shape index (κ2) is 4.68. The molecule has 0 amide bonds. The van der Waals surface area contributed by atoms with Gasteiger partial charge in [0.05, 0.1) is 17.0 Å². The molecule has 0 saturated heterocycles. The minimum Gasteiger partial charge on any atom is -0.311 e. The van der Waals surface area contributed by atoms with Crippen LogP contribution in [0.3, 0.4) is 0 Å². The largest absolute Gasteiger partial charge is 0.311 e. The molecule has 1 aliphatic rings. The number of aliphatic imine (C=N–C) groups is 2. The fourth-order valence-corrected chi connectivity index (χ4v) is 1.86. The summed E-state index contributed by atoms with van der Waals surface area (Å²) in [6.07, 6.45) is 3.72. The highest BCUT2D eigenvalue weighted by molar-refractivity contribution is 8.13. The molecule has 1 aliphatic heterocycles. The van der Waals surface area contributed by atoms with Gasteiger partial charge in [0.2, 0.25) is 0 Å². The maximum Gasteiger partial charge on any atom is 0.185 e. The van der Waals surface area contributed by atoms with Gasteiger partial charge in [-0.1, -0.05) is 35.5 Å². The van der Waals surface area contributed by atoms with E-state index in [0.717, 1.165) is 10.9 Å². The van der Waals surface area contributed by atoms with E-state index in [1.807, 2.05) is 35.4 Å². The molecule has 1 aromatic carbocycles. The summed E-state index contributed by atoms with van der Waals surface area (Å²) >= 11 is 7.61. The number of hydrogen-bond donors (Lipinski definition) is 0. The molecule has 0 N–H and O–H groups in total. The minimum absolute atomic E-state index is 0.573. The quantitative estimate of drug-likeness (QED) is 0.754. The smallest absolute Gasteiger partial charge is 0.185 e. The Kier molecular flexibility index (Phi) is 3.28. The molecule has 2 rings (SSSR count). The predicted octanol–water partition coefficient (Wildman–Crippen LogP) is 2.86. The van der Waals surface area contributed by atoms with Crippen molar-refractivity contribution in [1.82, 2.24) is 0 Å². The molecule has 0 aliphatic carbocycles. The standard InChI is InChI=1S/C10H10ClN3S/c1-15-10-12-6-14(7-13-10)9-5-3-2-4-8(9)11/h2-6H,7H2,1H3. The molecule has 0 saturated carbocycles. The van der Waals surface area contributed by atoms with Gasteiger partial charge in [0, 0.05) is 0 Å². The molecule has 78 valence electrons. The van der Waals surface area contributed by atoms with Crippen molar-refractivity contribution in [3.05, 3.63) is 29.3 Å². The van der Waals surface area contributed by atoms with E-state index in [1.54, 1.807) is 6.34 Å². The number of para-hydroxylation sites is 1. The predicted molar refractivity (Wildman–Crippen MR) is 68.2 cm³/mol. The van der Waals surface area contributed by atoms with E-state index >= 15 is 0 Å². The molecular weight excluding hydrogens is 230 g/mol. The lowest BCUT2D eigenvalue weighted by Gasteiger charge is -2.21. The number of thioether (sulfide) groups is 1. The summed E-state index contributed by atoms with van der Waals surface area (Å²) in [7, 11) is 0. The van der Waals surface area contributed by atoms with Gasteiger partial charge in [-0.3, -0.25) is 0 Å². The first kappa shape index (κ1) is 10.5. The Hall–Kier alpha value is -1.00. The first-order valence-corrected chi connectivity index (χ1v) is 6.05. The first-order chi connectivity index (χ1) is 7.31. The fraction of sp³-hybridized carbons (Fsp3) is 0.200. The first-order valence-electron chi connectivity index (χ1n) is 4.45. The summed E-state index contributed by atoms with van der Waals surface area (Å²) in [5.41, 5.74) is 0.937. The van der Waals surface area contributed by atoms with E-state index in [0.29, 0.717) is 11.7 Å². The fourth-order valence-electron chi connectivity index (χ4n) is 1.27. The van der Waals surface area contributed by atoms with Crippen LogP contribution >= 0.6 is 23.4 Å². The zero-order chi connectivity index (χ0) is 10.7. The average molecular weight is 240 g/mol. The monoisotopic (exact) mass is 239 g/mol. The third kappa shape index (κ3) is 2.33. The molecule has 5 heteroatoms. The molecule has 0 aromatic heterocycles. The number of benzene rings is 1. The van der Waals surface area contributed by atoms with Crippen LogP contribution in [0.2, 0.25) is 5.02 Å². The van der Waals surface area contributed by atoms with Crippen LogP contribution in [-0.4, -0.2) is 24.4 Å². The zero-order valence-corrected chi connectivity index (χ0v) is 9.79. The van der Waals surface area contributed by atoms with E-state index in [2.05, 4.69) is 9.98 Å². The van der Waals surface area contributed by atoms with Gasteiger partial charge < -0.3 is 4.90 Å². The summed E-state index contributed by atoms with van der Waals surface area (Å²) in [4.78, 5) is 10.4. The summed E-state index contributed by atoms with van der Waals surface area (Å²) in [5, 5.41) is 1.52. The molecule has 0 atom stereocenters. The number of anilines is 1. The van der Waals surface area contributed by atoms with Gasteiger partial charge in [-0.2, -0.15) is 0 Å². The van der Waals surface area contributed by atoms with Crippen LogP contribution < -0.4 is 4.90 Å². The van der Waals surface area contributed by atoms with Crippen LogP contribution in [0.4, 0.5) is 5.69 Å². The Morgan fingerprint density at radius 1 is 1.40 bits per heavy atom. The molecule has 1 aromatic rings. The molecule has 0 fully saturated rings. The van der Waals surface area contributed by atoms with Crippen molar-refractivity contribution in [3.63, 3.8) is 0 Å². The number of nitrogens with zero attached hydrogens (tertiary/aromatic N) is 3. The Bertz CT molecular complexity index is 417. The van der Waals surface area contributed by atoms with Crippen LogP contribution in [0.5, 0.6) is 0 Å². The number of amidine groups is 1. The van der Waals surface area contributed by atoms with E-state index < -0.39 is 0 Å². The molecule has 1 heterocycles. The molecule has 0 radical (unpaired) electrons. The lowest BCUT2D eigenvalue weighted by molar-refractivity contribution is 1.01. The highest BCUT2D eigenvalue weighted by Crippen LogP contribution is 2.25. The van der Waals surface area contributed by atoms with E-state index in [9.17, 15) is 0 Å². The third-order valence-electron chi connectivity index (χ3n) is 2.01. The van der Waals surface area contributed by atoms with E-state index in [1.165, 1.54) is 11.8 Å². The van der Waals surface area contributed by atoms with Crippen molar-refractivity contribution in [2.24, 2.45) is 9.98 Å². The van der Waals surface area contributed by atoms with Gasteiger partial charge in [-0.05, 0) is 18.4 Å².